The van der Waals surface area contributed by atoms with Gasteiger partial charge in [0.2, 0.25) is 0 Å². The van der Waals surface area contributed by atoms with Gasteiger partial charge in [-0.2, -0.15) is 0 Å². The van der Waals surface area contributed by atoms with Crippen molar-refractivity contribution in [3.63, 3.8) is 0 Å². The van der Waals surface area contributed by atoms with Crippen molar-refractivity contribution in [2.75, 3.05) is 13.7 Å². The van der Waals surface area contributed by atoms with Crippen LogP contribution >= 0.6 is 0 Å². The van der Waals surface area contributed by atoms with Crippen LogP contribution < -0.4 is 0 Å². The van der Waals surface area contributed by atoms with Crippen molar-refractivity contribution in [1.29, 1.82) is 0 Å². The van der Waals surface area contributed by atoms with E-state index in [1.807, 2.05) is 0 Å². The van der Waals surface area contributed by atoms with Gasteiger partial charge in [-0.3, -0.25) is 9.59 Å². The minimum atomic E-state index is -0.708. The quantitative estimate of drug-likeness (QED) is 0.390. The minimum Gasteiger partial charge on any atom is -0.468 e. The first-order valence-electron chi connectivity index (χ1n) is 3.39. The van der Waals surface area contributed by atoms with Crippen LogP contribution in [0.4, 0.5) is 0 Å². The van der Waals surface area contributed by atoms with E-state index in [1.165, 1.54) is 7.11 Å². The topological polar surface area (TPSA) is 52.6 Å². The standard InChI is InChI=1S/C7H10O4/c1-4-6(7(9)10-2)5(8)3-11-4/h4,6H,3H2,1-2H3/t4-,6-/m0/s1. The van der Waals surface area contributed by atoms with Gasteiger partial charge in [0.25, 0.3) is 0 Å². The predicted octanol–water partition coefficient (Wildman–Crippen LogP) is -0.237. The first-order chi connectivity index (χ1) is 5.16. The summed E-state index contributed by atoms with van der Waals surface area (Å²) in [7, 11) is 1.26. The van der Waals surface area contributed by atoms with Gasteiger partial charge in [-0.25, -0.2) is 0 Å². The van der Waals surface area contributed by atoms with E-state index in [-0.39, 0.29) is 18.5 Å². The Bertz CT molecular complexity index is 187. The first-order valence-corrected chi connectivity index (χ1v) is 3.39. The summed E-state index contributed by atoms with van der Waals surface area (Å²) in [5.74, 6) is -1.40. The first kappa shape index (κ1) is 8.20. The van der Waals surface area contributed by atoms with Crippen molar-refractivity contribution in [2.45, 2.75) is 13.0 Å². The largest absolute Gasteiger partial charge is 0.468 e. The average molecular weight is 158 g/mol. The van der Waals surface area contributed by atoms with Gasteiger partial charge < -0.3 is 9.47 Å². The SMILES string of the molecule is COC(=O)[C@@H]1C(=O)CO[C@H]1C. The predicted molar refractivity (Wildman–Crippen MR) is 35.9 cm³/mol. The second-order valence-electron chi connectivity index (χ2n) is 2.48. The molecule has 1 heterocycles. The lowest BCUT2D eigenvalue weighted by Gasteiger charge is -2.08. The Hall–Kier alpha value is -0.900. The Morgan fingerprint density at radius 3 is 2.73 bits per heavy atom. The molecule has 0 amide bonds. The summed E-state index contributed by atoms with van der Waals surface area (Å²) >= 11 is 0. The van der Waals surface area contributed by atoms with Crippen molar-refractivity contribution < 1.29 is 19.1 Å². The van der Waals surface area contributed by atoms with E-state index in [4.69, 9.17) is 4.74 Å². The summed E-state index contributed by atoms with van der Waals surface area (Å²) in [5.41, 5.74) is 0. The molecule has 1 saturated heterocycles. The van der Waals surface area contributed by atoms with Gasteiger partial charge in [0.05, 0.1) is 13.2 Å². The lowest BCUT2D eigenvalue weighted by atomic mass is 10.0. The van der Waals surface area contributed by atoms with E-state index in [0.29, 0.717) is 0 Å². The Labute approximate surface area is 64.5 Å². The molecule has 62 valence electrons. The van der Waals surface area contributed by atoms with Crippen molar-refractivity contribution in [3.8, 4) is 0 Å². The molecule has 0 aromatic heterocycles. The third-order valence-corrected chi connectivity index (χ3v) is 1.76. The zero-order valence-corrected chi connectivity index (χ0v) is 6.49. The van der Waals surface area contributed by atoms with Gasteiger partial charge in [-0.1, -0.05) is 0 Å². The van der Waals surface area contributed by atoms with Crippen LogP contribution in [0.5, 0.6) is 0 Å². The number of Topliss-reactive ketones (excluding diaryl/α,β-unsaturated/α-hetero) is 1. The monoisotopic (exact) mass is 158 g/mol. The van der Waals surface area contributed by atoms with Gasteiger partial charge in [0.15, 0.2) is 5.78 Å². The summed E-state index contributed by atoms with van der Waals surface area (Å²) in [6.45, 7) is 1.72. The fourth-order valence-electron chi connectivity index (χ4n) is 1.11. The summed E-state index contributed by atoms with van der Waals surface area (Å²) in [6, 6.07) is 0. The second-order valence-corrected chi connectivity index (χ2v) is 2.48. The number of carbonyl (C=O) groups is 2. The van der Waals surface area contributed by atoms with Crippen molar-refractivity contribution in [2.24, 2.45) is 5.92 Å². The molecular weight excluding hydrogens is 148 g/mol. The number of rotatable bonds is 1. The molecule has 0 aliphatic carbocycles. The van der Waals surface area contributed by atoms with Crippen molar-refractivity contribution in [3.05, 3.63) is 0 Å². The van der Waals surface area contributed by atoms with Crippen LogP contribution in [0.25, 0.3) is 0 Å². The average Bonchev–Trinajstić information content (AvgIpc) is 2.30. The van der Waals surface area contributed by atoms with E-state index in [0.717, 1.165) is 0 Å². The molecule has 4 nitrogen and oxygen atoms in total. The zero-order chi connectivity index (χ0) is 8.43. The third-order valence-electron chi connectivity index (χ3n) is 1.76. The van der Waals surface area contributed by atoms with Crippen LogP contribution in [0.1, 0.15) is 6.92 Å². The Morgan fingerprint density at radius 2 is 2.36 bits per heavy atom. The maximum absolute atomic E-state index is 11.0. The number of hydrogen-bond acceptors (Lipinski definition) is 4. The fourth-order valence-corrected chi connectivity index (χ4v) is 1.11. The number of esters is 1. The molecule has 11 heavy (non-hydrogen) atoms. The van der Waals surface area contributed by atoms with Crippen LogP contribution in [0, 0.1) is 5.92 Å². The normalized spacial score (nSPS) is 30.5. The molecule has 1 aliphatic rings. The summed E-state index contributed by atoms with van der Waals surface area (Å²) in [6.07, 6.45) is -0.338. The minimum absolute atomic E-state index is 0.0287. The molecule has 0 saturated carbocycles. The summed E-state index contributed by atoms with van der Waals surface area (Å²) in [4.78, 5) is 21.9. The van der Waals surface area contributed by atoms with E-state index in [9.17, 15) is 9.59 Å². The highest BCUT2D eigenvalue weighted by Crippen LogP contribution is 2.18. The lowest BCUT2D eigenvalue weighted by molar-refractivity contribution is -0.149. The highest BCUT2D eigenvalue weighted by Gasteiger charge is 2.39. The fraction of sp³-hybridized carbons (Fsp3) is 0.714. The van der Waals surface area contributed by atoms with E-state index >= 15 is 0 Å². The Morgan fingerprint density at radius 1 is 1.73 bits per heavy atom. The van der Waals surface area contributed by atoms with E-state index in [2.05, 4.69) is 4.74 Å². The van der Waals surface area contributed by atoms with Crippen LogP contribution in [0.15, 0.2) is 0 Å². The summed E-state index contributed by atoms with van der Waals surface area (Å²) < 4.78 is 9.39. The lowest BCUT2D eigenvalue weighted by Crippen LogP contribution is -2.28. The molecule has 0 bridgehead atoms. The highest BCUT2D eigenvalue weighted by molar-refractivity contribution is 6.01. The van der Waals surface area contributed by atoms with Gasteiger partial charge >= 0.3 is 5.97 Å². The molecule has 0 unspecified atom stereocenters. The molecule has 0 aromatic carbocycles. The maximum atomic E-state index is 11.0. The second kappa shape index (κ2) is 3.00. The maximum Gasteiger partial charge on any atom is 0.318 e. The number of ether oxygens (including phenoxy) is 2. The molecule has 0 aromatic rings. The Balaban J connectivity index is 2.68. The molecule has 2 atom stereocenters. The van der Waals surface area contributed by atoms with Gasteiger partial charge in [0, 0.05) is 0 Å². The summed E-state index contributed by atoms with van der Waals surface area (Å²) in [5, 5.41) is 0. The third kappa shape index (κ3) is 1.40. The van der Waals surface area contributed by atoms with Gasteiger partial charge in [-0.15, -0.1) is 0 Å². The van der Waals surface area contributed by atoms with E-state index < -0.39 is 11.9 Å². The van der Waals surface area contributed by atoms with Gasteiger partial charge in [-0.05, 0) is 6.92 Å². The Kier molecular flexibility index (Phi) is 2.24. The van der Waals surface area contributed by atoms with E-state index in [1.54, 1.807) is 6.92 Å². The molecule has 0 radical (unpaired) electrons. The molecule has 0 spiro atoms. The zero-order valence-electron chi connectivity index (χ0n) is 6.49. The molecule has 1 fully saturated rings. The van der Waals surface area contributed by atoms with Crippen LogP contribution in [-0.2, 0) is 19.1 Å². The number of methoxy groups -OCH3 is 1. The van der Waals surface area contributed by atoms with Crippen LogP contribution in [0.3, 0.4) is 0 Å². The molecule has 1 aliphatic heterocycles. The molecule has 1 rings (SSSR count). The number of hydrogen-bond donors (Lipinski definition) is 0. The van der Waals surface area contributed by atoms with Crippen LogP contribution in [0.2, 0.25) is 0 Å². The number of ketones is 1. The van der Waals surface area contributed by atoms with Crippen molar-refractivity contribution in [1.82, 2.24) is 0 Å². The van der Waals surface area contributed by atoms with Crippen molar-refractivity contribution >= 4 is 11.8 Å². The smallest absolute Gasteiger partial charge is 0.318 e. The molecular formula is C7H10O4. The van der Waals surface area contributed by atoms with Gasteiger partial charge in [0.1, 0.15) is 12.5 Å². The highest BCUT2D eigenvalue weighted by atomic mass is 16.5. The molecule has 4 heteroatoms. The number of carbonyl (C=O) groups excluding carboxylic acids is 2. The molecule has 0 N–H and O–H groups in total. The van der Waals surface area contributed by atoms with Crippen LogP contribution in [-0.4, -0.2) is 31.6 Å².